The van der Waals surface area contributed by atoms with E-state index in [0.717, 1.165) is 12.8 Å². The minimum absolute atomic E-state index is 0.101. The maximum atomic E-state index is 11.8. The number of likely N-dealkylation sites (tertiary alicyclic amines) is 1. The summed E-state index contributed by atoms with van der Waals surface area (Å²) in [6, 6.07) is -0.566. The largest absolute Gasteiger partial charge is 0.292 e. The quantitative estimate of drug-likeness (QED) is 0.545. The fourth-order valence-electron chi connectivity index (χ4n) is 1.80. The van der Waals surface area contributed by atoms with Gasteiger partial charge in [-0.3, -0.25) is 19.8 Å². The average Bonchev–Trinajstić information content (AvgIpc) is 2.54. The van der Waals surface area contributed by atoms with Gasteiger partial charge in [0.25, 0.3) is 0 Å². The minimum atomic E-state index is -0.431. The molecule has 0 radical (unpaired) electrons. The minimum Gasteiger partial charge on any atom is -0.292 e. The van der Waals surface area contributed by atoms with Crippen LogP contribution in [0.3, 0.4) is 0 Å². The highest BCUT2D eigenvalue weighted by Crippen LogP contribution is 2.14. The number of carbonyl (C=O) groups is 2. The van der Waals surface area contributed by atoms with Crippen molar-refractivity contribution in [2.45, 2.75) is 45.2 Å². The maximum absolute atomic E-state index is 11.8. The fourth-order valence-corrected chi connectivity index (χ4v) is 1.80. The first kappa shape index (κ1) is 12.7. The van der Waals surface area contributed by atoms with E-state index in [2.05, 4.69) is 11.2 Å². The van der Waals surface area contributed by atoms with Gasteiger partial charge in [-0.15, -0.1) is 6.42 Å². The number of carbonyl (C=O) groups excluding carboxylic acids is 2. The highest BCUT2D eigenvalue weighted by molar-refractivity contribution is 6.05. The Morgan fingerprint density at radius 3 is 2.75 bits per heavy atom. The second-order valence-corrected chi connectivity index (χ2v) is 3.93. The fraction of sp³-hybridized carbons (Fsp3) is 0.667. The van der Waals surface area contributed by atoms with Gasteiger partial charge in [0.05, 0.1) is 18.5 Å². The van der Waals surface area contributed by atoms with Crippen molar-refractivity contribution >= 4 is 11.8 Å². The summed E-state index contributed by atoms with van der Waals surface area (Å²) in [5.41, 5.74) is 0. The summed E-state index contributed by atoms with van der Waals surface area (Å²) in [5.74, 6) is 2.33. The van der Waals surface area contributed by atoms with Crippen LogP contribution in [0.4, 0.5) is 0 Å². The van der Waals surface area contributed by atoms with Crippen molar-refractivity contribution in [1.82, 2.24) is 10.2 Å². The van der Waals surface area contributed by atoms with Crippen molar-refractivity contribution in [1.29, 1.82) is 0 Å². The molecule has 1 fully saturated rings. The molecule has 2 unspecified atom stereocenters. The van der Waals surface area contributed by atoms with Gasteiger partial charge in [0.1, 0.15) is 0 Å². The Bertz CT molecular complexity index is 319. The smallest absolute Gasteiger partial charge is 0.246 e. The molecule has 0 aromatic heterocycles. The normalized spacial score (nSPS) is 22.3. The van der Waals surface area contributed by atoms with Crippen LogP contribution in [0.1, 0.15) is 33.1 Å². The lowest BCUT2D eigenvalue weighted by molar-refractivity contribution is -0.138. The molecule has 4 nitrogen and oxygen atoms in total. The third kappa shape index (κ3) is 2.61. The van der Waals surface area contributed by atoms with E-state index in [9.17, 15) is 9.59 Å². The number of nitrogens with one attached hydrogen (secondary N) is 1. The number of hydrogen-bond acceptors (Lipinski definition) is 3. The van der Waals surface area contributed by atoms with Gasteiger partial charge in [-0.05, 0) is 12.8 Å². The van der Waals surface area contributed by atoms with Gasteiger partial charge in [-0.2, -0.15) is 0 Å². The highest BCUT2D eigenvalue weighted by atomic mass is 16.2. The third-order valence-electron chi connectivity index (χ3n) is 2.70. The van der Waals surface area contributed by atoms with Crippen LogP contribution < -0.4 is 5.32 Å². The number of amides is 2. The summed E-state index contributed by atoms with van der Waals surface area (Å²) in [5, 5.41) is 3.04. The first-order chi connectivity index (χ1) is 7.63. The molecule has 4 heteroatoms. The zero-order valence-corrected chi connectivity index (χ0v) is 9.82. The van der Waals surface area contributed by atoms with E-state index in [1.54, 1.807) is 0 Å². The molecule has 0 aliphatic carbocycles. The lowest BCUT2D eigenvalue weighted by Gasteiger charge is -2.16. The molecular weight excluding hydrogens is 204 g/mol. The summed E-state index contributed by atoms with van der Waals surface area (Å²) >= 11 is 0. The number of rotatable bonds is 5. The molecule has 1 N–H and O–H groups in total. The maximum Gasteiger partial charge on any atom is 0.246 e. The molecule has 0 saturated carbocycles. The van der Waals surface area contributed by atoms with Gasteiger partial charge in [0.15, 0.2) is 0 Å². The molecule has 0 aromatic rings. The molecule has 16 heavy (non-hydrogen) atoms. The summed E-state index contributed by atoms with van der Waals surface area (Å²) in [4.78, 5) is 24.7. The van der Waals surface area contributed by atoms with Crippen LogP contribution in [-0.2, 0) is 9.59 Å². The molecule has 1 aliphatic rings. The first-order valence-corrected chi connectivity index (χ1v) is 5.70. The second kappa shape index (κ2) is 5.66. The Kier molecular flexibility index (Phi) is 4.51. The van der Waals surface area contributed by atoms with Gasteiger partial charge in [0, 0.05) is 6.54 Å². The molecule has 1 rings (SSSR count). The van der Waals surface area contributed by atoms with Gasteiger partial charge in [-0.1, -0.05) is 19.8 Å². The van der Waals surface area contributed by atoms with E-state index in [1.807, 2.05) is 13.8 Å². The standard InChI is InChI=1S/C12H18N2O2/c1-4-7-14-11(15)8-10(12(14)16)13-9(5-2)6-3/h2,9-10,13H,4,6-8H2,1,3H3. The Morgan fingerprint density at radius 1 is 1.56 bits per heavy atom. The van der Waals surface area contributed by atoms with Crippen molar-refractivity contribution in [3.05, 3.63) is 0 Å². The zero-order valence-electron chi connectivity index (χ0n) is 9.82. The van der Waals surface area contributed by atoms with Crippen molar-refractivity contribution in [3.63, 3.8) is 0 Å². The number of nitrogens with zero attached hydrogens (tertiary/aromatic N) is 1. The molecule has 0 aromatic carbocycles. The monoisotopic (exact) mass is 222 g/mol. The van der Waals surface area contributed by atoms with Crippen LogP contribution >= 0.6 is 0 Å². The molecule has 1 saturated heterocycles. The molecule has 88 valence electrons. The van der Waals surface area contributed by atoms with E-state index >= 15 is 0 Å². The Balaban J connectivity index is 2.62. The van der Waals surface area contributed by atoms with Gasteiger partial charge in [0.2, 0.25) is 11.8 Å². The number of hydrogen-bond donors (Lipinski definition) is 1. The van der Waals surface area contributed by atoms with Crippen LogP contribution in [0.15, 0.2) is 0 Å². The Hall–Kier alpha value is -1.34. The molecule has 0 bridgehead atoms. The van der Waals surface area contributed by atoms with Crippen molar-refractivity contribution in [3.8, 4) is 12.3 Å². The molecule has 1 aliphatic heterocycles. The summed E-state index contributed by atoms with van der Waals surface area (Å²) in [6.07, 6.45) is 7.09. The van der Waals surface area contributed by atoms with E-state index in [1.165, 1.54) is 4.90 Å². The van der Waals surface area contributed by atoms with Crippen LogP contribution in [0.2, 0.25) is 0 Å². The summed E-state index contributed by atoms with van der Waals surface area (Å²) in [6.45, 7) is 4.39. The topological polar surface area (TPSA) is 49.4 Å². The van der Waals surface area contributed by atoms with Crippen LogP contribution in [0.25, 0.3) is 0 Å². The summed E-state index contributed by atoms with van der Waals surface area (Å²) in [7, 11) is 0. The lowest BCUT2D eigenvalue weighted by Crippen LogP contribution is -2.43. The zero-order chi connectivity index (χ0) is 12.1. The predicted molar refractivity (Wildman–Crippen MR) is 61.5 cm³/mol. The first-order valence-electron chi connectivity index (χ1n) is 5.70. The van der Waals surface area contributed by atoms with Crippen LogP contribution in [-0.4, -0.2) is 35.3 Å². The molecular formula is C12H18N2O2. The molecule has 2 amide bonds. The Morgan fingerprint density at radius 2 is 2.25 bits per heavy atom. The van der Waals surface area contributed by atoms with E-state index in [0.29, 0.717) is 6.54 Å². The summed E-state index contributed by atoms with van der Waals surface area (Å²) < 4.78 is 0. The third-order valence-corrected chi connectivity index (χ3v) is 2.70. The van der Waals surface area contributed by atoms with Crippen molar-refractivity contribution < 1.29 is 9.59 Å². The van der Waals surface area contributed by atoms with Crippen LogP contribution in [0.5, 0.6) is 0 Å². The Labute approximate surface area is 96.4 Å². The SMILES string of the molecule is C#CC(CC)NC1CC(=O)N(CCC)C1=O. The highest BCUT2D eigenvalue weighted by Gasteiger charge is 2.38. The van der Waals surface area contributed by atoms with Gasteiger partial charge < -0.3 is 0 Å². The molecule has 2 atom stereocenters. The lowest BCUT2D eigenvalue weighted by atomic mass is 10.1. The van der Waals surface area contributed by atoms with E-state index in [4.69, 9.17) is 6.42 Å². The second-order valence-electron chi connectivity index (χ2n) is 3.93. The average molecular weight is 222 g/mol. The number of terminal acetylenes is 1. The predicted octanol–water partition coefficient (Wildman–Crippen LogP) is 0.525. The van der Waals surface area contributed by atoms with E-state index < -0.39 is 6.04 Å². The van der Waals surface area contributed by atoms with Gasteiger partial charge in [-0.25, -0.2) is 0 Å². The molecule has 1 heterocycles. The molecule has 0 spiro atoms. The van der Waals surface area contributed by atoms with Crippen LogP contribution in [0, 0.1) is 12.3 Å². The van der Waals surface area contributed by atoms with E-state index in [-0.39, 0.29) is 24.3 Å². The van der Waals surface area contributed by atoms with Crippen molar-refractivity contribution in [2.75, 3.05) is 6.54 Å². The van der Waals surface area contributed by atoms with Crippen molar-refractivity contribution in [2.24, 2.45) is 0 Å². The van der Waals surface area contributed by atoms with Gasteiger partial charge >= 0.3 is 0 Å². The number of imide groups is 1.